The summed E-state index contributed by atoms with van der Waals surface area (Å²) in [5.41, 5.74) is 1.87. The Morgan fingerprint density at radius 2 is 1.81 bits per heavy atom. The van der Waals surface area contributed by atoms with Crippen LogP contribution in [0.5, 0.6) is 0 Å². The van der Waals surface area contributed by atoms with Gasteiger partial charge in [-0.2, -0.15) is 0 Å². The van der Waals surface area contributed by atoms with E-state index >= 15 is 0 Å². The monoisotopic (exact) mass is 382 g/mol. The minimum atomic E-state index is 0.571. The second-order valence-corrected chi connectivity index (χ2v) is 6.97. The Morgan fingerprint density at radius 3 is 2.62 bits per heavy atom. The first-order valence-electron chi connectivity index (χ1n) is 7.99. The predicted molar refractivity (Wildman–Crippen MR) is 103 cm³/mol. The molecule has 0 saturated carbocycles. The molecular weight excluding hydrogens is 368 g/mol. The van der Waals surface area contributed by atoms with E-state index in [2.05, 4.69) is 15.2 Å². The van der Waals surface area contributed by atoms with Crippen molar-refractivity contribution in [2.75, 3.05) is 0 Å². The summed E-state index contributed by atoms with van der Waals surface area (Å²) in [5.74, 6) is 2.71. The van der Waals surface area contributed by atoms with Crippen molar-refractivity contribution in [3.63, 3.8) is 0 Å². The molecule has 0 bridgehead atoms. The van der Waals surface area contributed by atoms with Crippen LogP contribution in [-0.4, -0.2) is 19.7 Å². The van der Waals surface area contributed by atoms with Gasteiger partial charge in [0.2, 0.25) is 5.89 Å². The third-order valence-corrected chi connectivity index (χ3v) is 5.22. The smallest absolute Gasteiger partial charge is 0.205 e. The quantitative estimate of drug-likeness (QED) is 0.450. The lowest BCUT2D eigenvalue weighted by Crippen LogP contribution is -1.95. The van der Waals surface area contributed by atoms with Crippen molar-refractivity contribution in [3.05, 3.63) is 71.7 Å². The molecule has 130 valence electrons. The number of benzene rings is 2. The van der Waals surface area contributed by atoms with E-state index in [0.717, 1.165) is 27.9 Å². The first kappa shape index (κ1) is 16.9. The fourth-order valence-electron chi connectivity index (χ4n) is 2.56. The van der Waals surface area contributed by atoms with E-state index in [0.29, 0.717) is 16.7 Å². The Kier molecular flexibility index (Phi) is 4.77. The van der Waals surface area contributed by atoms with Crippen LogP contribution in [-0.2, 0) is 12.8 Å². The standard InChI is InChI=1S/C19H15ClN4OS/c1-24-18(14-9-5-6-10-15(14)20)22-23-19(24)26-12-17-21-11-16(25-17)13-7-3-2-4-8-13/h2-11H,12H2,1H3. The molecule has 0 amide bonds. The highest BCUT2D eigenvalue weighted by molar-refractivity contribution is 7.98. The summed E-state index contributed by atoms with van der Waals surface area (Å²) in [6.07, 6.45) is 1.75. The summed E-state index contributed by atoms with van der Waals surface area (Å²) in [6, 6.07) is 17.5. The molecule has 4 aromatic rings. The Morgan fingerprint density at radius 1 is 1.04 bits per heavy atom. The van der Waals surface area contributed by atoms with Gasteiger partial charge in [0.15, 0.2) is 16.7 Å². The number of halogens is 1. The summed E-state index contributed by atoms with van der Waals surface area (Å²) in [5, 5.41) is 9.96. The lowest BCUT2D eigenvalue weighted by molar-refractivity contribution is 0.529. The number of aromatic nitrogens is 4. The van der Waals surface area contributed by atoms with Crippen LogP contribution in [0.3, 0.4) is 0 Å². The maximum absolute atomic E-state index is 6.26. The molecule has 0 unspecified atom stereocenters. The number of oxazole rings is 1. The van der Waals surface area contributed by atoms with E-state index in [-0.39, 0.29) is 0 Å². The van der Waals surface area contributed by atoms with Gasteiger partial charge in [0.1, 0.15) is 0 Å². The van der Waals surface area contributed by atoms with E-state index in [9.17, 15) is 0 Å². The fourth-order valence-corrected chi connectivity index (χ4v) is 3.54. The highest BCUT2D eigenvalue weighted by Crippen LogP contribution is 2.30. The van der Waals surface area contributed by atoms with E-state index in [1.807, 2.05) is 66.2 Å². The third-order valence-electron chi connectivity index (χ3n) is 3.89. The molecule has 4 rings (SSSR count). The molecule has 7 heteroatoms. The third kappa shape index (κ3) is 3.38. The maximum Gasteiger partial charge on any atom is 0.205 e. The van der Waals surface area contributed by atoms with Crippen molar-refractivity contribution < 1.29 is 4.42 Å². The molecular formula is C19H15ClN4OS. The number of nitrogens with zero attached hydrogens (tertiary/aromatic N) is 4. The van der Waals surface area contributed by atoms with Gasteiger partial charge in [0.25, 0.3) is 0 Å². The zero-order valence-electron chi connectivity index (χ0n) is 14.0. The molecule has 26 heavy (non-hydrogen) atoms. The van der Waals surface area contributed by atoms with Crippen LogP contribution in [0.1, 0.15) is 5.89 Å². The van der Waals surface area contributed by atoms with Gasteiger partial charge in [-0.25, -0.2) is 4.98 Å². The zero-order chi connectivity index (χ0) is 17.9. The van der Waals surface area contributed by atoms with Gasteiger partial charge in [-0.3, -0.25) is 0 Å². The molecule has 0 radical (unpaired) electrons. The minimum Gasteiger partial charge on any atom is -0.440 e. The number of thioether (sulfide) groups is 1. The van der Waals surface area contributed by atoms with Gasteiger partial charge < -0.3 is 8.98 Å². The zero-order valence-corrected chi connectivity index (χ0v) is 15.5. The summed E-state index contributed by atoms with van der Waals surface area (Å²) < 4.78 is 7.75. The molecule has 5 nitrogen and oxygen atoms in total. The highest BCUT2D eigenvalue weighted by atomic mass is 35.5. The lowest BCUT2D eigenvalue weighted by atomic mass is 10.2. The van der Waals surface area contributed by atoms with Crippen LogP contribution < -0.4 is 0 Å². The van der Waals surface area contributed by atoms with Crippen molar-refractivity contribution in [3.8, 4) is 22.7 Å². The van der Waals surface area contributed by atoms with Gasteiger partial charge in [0.05, 0.1) is 17.0 Å². The lowest BCUT2D eigenvalue weighted by Gasteiger charge is -2.04. The minimum absolute atomic E-state index is 0.571. The Labute approximate surface area is 160 Å². The maximum atomic E-state index is 6.26. The molecule has 0 saturated heterocycles. The molecule has 0 atom stereocenters. The predicted octanol–water partition coefficient (Wildman–Crippen LogP) is 5.08. The largest absolute Gasteiger partial charge is 0.440 e. The summed E-state index contributed by atoms with van der Waals surface area (Å²) in [7, 11) is 1.92. The molecule has 0 fully saturated rings. The van der Waals surface area contributed by atoms with Crippen LogP contribution in [0.4, 0.5) is 0 Å². The van der Waals surface area contributed by atoms with Gasteiger partial charge in [-0.1, -0.05) is 65.8 Å². The molecule has 0 aliphatic heterocycles. The molecule has 2 aromatic carbocycles. The van der Waals surface area contributed by atoms with E-state index < -0.39 is 0 Å². The molecule has 0 N–H and O–H groups in total. The van der Waals surface area contributed by atoms with Crippen LogP contribution >= 0.6 is 23.4 Å². The summed E-state index contributed by atoms with van der Waals surface area (Å²) in [6.45, 7) is 0. The number of rotatable bonds is 5. The Balaban J connectivity index is 1.50. The molecule has 0 aliphatic carbocycles. The number of hydrogen-bond acceptors (Lipinski definition) is 5. The molecule has 0 aliphatic rings. The first-order valence-corrected chi connectivity index (χ1v) is 9.36. The van der Waals surface area contributed by atoms with Crippen molar-refractivity contribution in [1.29, 1.82) is 0 Å². The molecule has 2 aromatic heterocycles. The van der Waals surface area contributed by atoms with Crippen molar-refractivity contribution in [2.45, 2.75) is 10.9 Å². The van der Waals surface area contributed by atoms with E-state index in [1.165, 1.54) is 11.8 Å². The average Bonchev–Trinajstić information content (AvgIpc) is 3.28. The van der Waals surface area contributed by atoms with Crippen molar-refractivity contribution >= 4 is 23.4 Å². The van der Waals surface area contributed by atoms with E-state index in [1.54, 1.807) is 6.20 Å². The van der Waals surface area contributed by atoms with Crippen molar-refractivity contribution in [1.82, 2.24) is 19.7 Å². The molecule has 2 heterocycles. The van der Waals surface area contributed by atoms with Crippen LogP contribution in [0, 0.1) is 0 Å². The van der Waals surface area contributed by atoms with Crippen LogP contribution in [0.15, 0.2) is 70.4 Å². The summed E-state index contributed by atoms with van der Waals surface area (Å²) >= 11 is 7.78. The molecule has 0 spiro atoms. The van der Waals surface area contributed by atoms with Crippen LogP contribution in [0.2, 0.25) is 5.02 Å². The second-order valence-electron chi connectivity index (χ2n) is 5.62. The average molecular weight is 383 g/mol. The first-order chi connectivity index (χ1) is 12.7. The normalized spacial score (nSPS) is 11.0. The Hall–Kier alpha value is -2.57. The Bertz CT molecular complexity index is 1030. The SMILES string of the molecule is Cn1c(SCc2ncc(-c3ccccc3)o2)nnc1-c1ccccc1Cl. The van der Waals surface area contributed by atoms with Gasteiger partial charge in [-0.15, -0.1) is 10.2 Å². The fraction of sp³-hybridized carbons (Fsp3) is 0.105. The summed E-state index contributed by atoms with van der Waals surface area (Å²) in [4.78, 5) is 4.35. The van der Waals surface area contributed by atoms with E-state index in [4.69, 9.17) is 16.0 Å². The van der Waals surface area contributed by atoms with Gasteiger partial charge in [0, 0.05) is 18.2 Å². The number of hydrogen-bond donors (Lipinski definition) is 0. The highest BCUT2D eigenvalue weighted by Gasteiger charge is 2.15. The van der Waals surface area contributed by atoms with Crippen LogP contribution in [0.25, 0.3) is 22.7 Å². The van der Waals surface area contributed by atoms with Gasteiger partial charge in [-0.05, 0) is 12.1 Å². The second kappa shape index (κ2) is 7.35. The van der Waals surface area contributed by atoms with Gasteiger partial charge >= 0.3 is 0 Å². The van der Waals surface area contributed by atoms with Crippen molar-refractivity contribution in [2.24, 2.45) is 7.05 Å². The topological polar surface area (TPSA) is 56.7 Å².